The van der Waals surface area contributed by atoms with Crippen LogP contribution in [0.3, 0.4) is 0 Å². The summed E-state index contributed by atoms with van der Waals surface area (Å²) in [5, 5.41) is 0.514. The molecule has 0 fully saturated rings. The van der Waals surface area contributed by atoms with Crippen LogP contribution in [0.1, 0.15) is 40.0 Å². The summed E-state index contributed by atoms with van der Waals surface area (Å²) in [6.07, 6.45) is 1.63. The van der Waals surface area contributed by atoms with Crippen molar-refractivity contribution < 1.29 is 9.53 Å². The highest BCUT2D eigenvalue weighted by Gasteiger charge is 2.21. The van der Waals surface area contributed by atoms with Crippen molar-refractivity contribution in [2.75, 3.05) is 0 Å². The third-order valence-corrected chi connectivity index (χ3v) is 4.12. The molecule has 1 aromatic heterocycles. The monoisotopic (exact) mass is 361 g/mol. The van der Waals surface area contributed by atoms with Gasteiger partial charge in [-0.2, -0.15) is 0 Å². The third kappa shape index (κ3) is 4.60. The van der Waals surface area contributed by atoms with Crippen LogP contribution in [0.2, 0.25) is 0 Å². The lowest BCUT2D eigenvalue weighted by atomic mass is 10.1. The average molecular weight is 361 g/mol. The van der Waals surface area contributed by atoms with Crippen LogP contribution in [-0.2, 0) is 23.1 Å². The van der Waals surface area contributed by atoms with Gasteiger partial charge in [-0.3, -0.25) is 18.7 Å². The second-order valence-electron chi connectivity index (χ2n) is 7.45. The minimum Gasteiger partial charge on any atom is -0.459 e. The number of ether oxygens (including phenoxy) is 1. The van der Waals surface area contributed by atoms with Crippen molar-refractivity contribution >= 4 is 16.9 Å². The topological polar surface area (TPSA) is 96.3 Å². The van der Waals surface area contributed by atoms with Crippen molar-refractivity contribution in [3.63, 3.8) is 0 Å². The Bertz CT molecular complexity index is 906. The van der Waals surface area contributed by atoms with Gasteiger partial charge in [0.2, 0.25) is 0 Å². The highest BCUT2D eigenvalue weighted by Crippen LogP contribution is 2.11. The molecular weight excluding hydrogens is 334 g/mol. The van der Waals surface area contributed by atoms with E-state index in [2.05, 4.69) is 0 Å². The van der Waals surface area contributed by atoms with Crippen LogP contribution in [0, 0.1) is 0 Å². The maximum atomic E-state index is 12.5. The maximum Gasteiger partial charge on any atom is 0.331 e. The highest BCUT2D eigenvalue weighted by atomic mass is 16.6. The predicted molar refractivity (Wildman–Crippen MR) is 101 cm³/mol. The molecule has 0 unspecified atom stereocenters. The van der Waals surface area contributed by atoms with Gasteiger partial charge in [-0.1, -0.05) is 12.1 Å². The highest BCUT2D eigenvalue weighted by molar-refractivity contribution is 5.77. The third-order valence-electron chi connectivity index (χ3n) is 4.12. The van der Waals surface area contributed by atoms with Crippen LogP contribution in [0.25, 0.3) is 10.9 Å². The van der Waals surface area contributed by atoms with E-state index in [1.807, 2.05) is 0 Å². The van der Waals surface area contributed by atoms with Gasteiger partial charge < -0.3 is 10.5 Å². The Balaban J connectivity index is 2.02. The summed E-state index contributed by atoms with van der Waals surface area (Å²) in [5.41, 5.74) is 5.27. The lowest BCUT2D eigenvalue weighted by Crippen LogP contribution is -2.39. The summed E-state index contributed by atoms with van der Waals surface area (Å²) in [4.78, 5) is 36.8. The van der Waals surface area contributed by atoms with Crippen molar-refractivity contribution in [2.24, 2.45) is 12.8 Å². The Labute approximate surface area is 152 Å². The molecule has 0 bridgehead atoms. The van der Waals surface area contributed by atoms with Gasteiger partial charge in [0, 0.05) is 13.6 Å². The van der Waals surface area contributed by atoms with E-state index in [4.69, 9.17) is 10.5 Å². The molecule has 0 aliphatic carbocycles. The van der Waals surface area contributed by atoms with Crippen molar-refractivity contribution in [3.8, 4) is 0 Å². The molecule has 7 nitrogen and oxygen atoms in total. The Morgan fingerprint density at radius 2 is 1.85 bits per heavy atom. The van der Waals surface area contributed by atoms with Crippen LogP contribution in [0.4, 0.5) is 0 Å². The van der Waals surface area contributed by atoms with Gasteiger partial charge >= 0.3 is 11.7 Å². The molecule has 0 saturated carbocycles. The molecule has 2 aromatic rings. The first-order valence-electron chi connectivity index (χ1n) is 8.79. The first-order chi connectivity index (χ1) is 12.1. The number of benzene rings is 1. The van der Waals surface area contributed by atoms with Crippen LogP contribution in [-0.4, -0.2) is 26.7 Å². The fourth-order valence-electron chi connectivity index (χ4n) is 2.79. The van der Waals surface area contributed by atoms with Crippen molar-refractivity contribution in [3.05, 3.63) is 45.1 Å². The predicted octanol–water partition coefficient (Wildman–Crippen LogP) is 1.54. The molecule has 1 atom stereocenters. The van der Waals surface area contributed by atoms with Crippen molar-refractivity contribution in [1.29, 1.82) is 0 Å². The maximum absolute atomic E-state index is 12.5. The number of nitrogens with zero attached hydrogens (tertiary/aromatic N) is 2. The number of aryl methyl sites for hydroxylation is 1. The van der Waals surface area contributed by atoms with E-state index < -0.39 is 17.6 Å². The van der Waals surface area contributed by atoms with E-state index in [0.717, 1.165) is 0 Å². The molecule has 0 saturated heterocycles. The van der Waals surface area contributed by atoms with E-state index in [1.165, 1.54) is 9.13 Å². The smallest absolute Gasteiger partial charge is 0.331 e. The molecule has 1 aromatic carbocycles. The summed E-state index contributed by atoms with van der Waals surface area (Å²) in [6, 6.07) is 6.33. The van der Waals surface area contributed by atoms with Crippen LogP contribution < -0.4 is 17.0 Å². The second kappa shape index (κ2) is 7.86. The van der Waals surface area contributed by atoms with Gasteiger partial charge in [-0.25, -0.2) is 4.79 Å². The number of carbonyl (C=O) groups is 1. The Morgan fingerprint density at radius 1 is 1.19 bits per heavy atom. The number of hydrogen-bond donors (Lipinski definition) is 1. The molecule has 0 radical (unpaired) electrons. The first kappa shape index (κ1) is 19.9. The van der Waals surface area contributed by atoms with Gasteiger partial charge in [-0.15, -0.1) is 0 Å². The number of unbranched alkanes of at least 4 members (excludes halogenated alkanes) is 1. The molecule has 0 spiro atoms. The van der Waals surface area contributed by atoms with Crippen molar-refractivity contribution in [2.45, 2.75) is 58.2 Å². The molecule has 0 aliphatic rings. The molecule has 0 amide bonds. The van der Waals surface area contributed by atoms with Crippen LogP contribution in [0.5, 0.6) is 0 Å². The molecule has 26 heavy (non-hydrogen) atoms. The first-order valence-corrected chi connectivity index (χ1v) is 8.79. The fourth-order valence-corrected chi connectivity index (χ4v) is 2.79. The number of rotatable bonds is 6. The SMILES string of the molecule is Cn1c(=O)n(CCCC[C@H](N)C(=O)OC(C)(C)C)c(=O)c2ccccc21. The zero-order valence-electron chi connectivity index (χ0n) is 15.8. The van der Waals surface area contributed by atoms with Crippen molar-refractivity contribution in [1.82, 2.24) is 9.13 Å². The molecule has 2 N–H and O–H groups in total. The number of aromatic nitrogens is 2. The minimum absolute atomic E-state index is 0.289. The van der Waals surface area contributed by atoms with Crippen LogP contribution in [0.15, 0.2) is 33.9 Å². The van der Waals surface area contributed by atoms with Gasteiger partial charge in [0.25, 0.3) is 5.56 Å². The van der Waals surface area contributed by atoms with Gasteiger partial charge in [0.15, 0.2) is 0 Å². The quantitative estimate of drug-likeness (QED) is 0.622. The van der Waals surface area contributed by atoms with Gasteiger partial charge in [-0.05, 0) is 52.2 Å². The van der Waals surface area contributed by atoms with Gasteiger partial charge in [0.1, 0.15) is 11.6 Å². The normalized spacial score (nSPS) is 13.0. The molecule has 2 rings (SSSR count). The molecular formula is C19H27N3O4. The number of nitrogens with two attached hydrogens (primary N) is 1. The Kier molecular flexibility index (Phi) is 6.02. The fraction of sp³-hybridized carbons (Fsp3) is 0.526. The second-order valence-corrected chi connectivity index (χ2v) is 7.45. The Morgan fingerprint density at radius 3 is 2.50 bits per heavy atom. The number of para-hydroxylation sites is 1. The summed E-state index contributed by atoms with van der Waals surface area (Å²) in [6.45, 7) is 5.66. The van der Waals surface area contributed by atoms with Gasteiger partial charge in [0.05, 0.1) is 10.9 Å². The number of hydrogen-bond acceptors (Lipinski definition) is 5. The van der Waals surface area contributed by atoms with E-state index in [-0.39, 0.29) is 17.8 Å². The minimum atomic E-state index is -0.703. The zero-order valence-corrected chi connectivity index (χ0v) is 15.8. The summed E-state index contributed by atoms with van der Waals surface area (Å²) < 4.78 is 7.96. The molecule has 7 heteroatoms. The largest absolute Gasteiger partial charge is 0.459 e. The molecule has 142 valence electrons. The number of fused-ring (bicyclic) bond motifs is 1. The Hall–Kier alpha value is -2.41. The molecule has 1 heterocycles. The number of carbonyl (C=O) groups excluding carboxylic acids is 1. The summed E-state index contributed by atoms with van der Waals surface area (Å²) in [5.74, 6) is -0.434. The standard InChI is InChI=1S/C19H27N3O4/c1-19(2,3)26-17(24)14(20)10-7-8-12-22-16(23)13-9-5-6-11-15(13)21(4)18(22)25/h5-6,9,11,14H,7-8,10,12,20H2,1-4H3/t14-/m0/s1. The lowest BCUT2D eigenvalue weighted by molar-refractivity contribution is -0.156. The summed E-state index contributed by atoms with van der Waals surface area (Å²) >= 11 is 0. The lowest BCUT2D eigenvalue weighted by Gasteiger charge is -2.22. The molecule has 0 aliphatic heterocycles. The zero-order chi connectivity index (χ0) is 19.5. The number of esters is 1. The van der Waals surface area contributed by atoms with E-state index in [9.17, 15) is 14.4 Å². The van der Waals surface area contributed by atoms with E-state index in [1.54, 1.807) is 52.1 Å². The van der Waals surface area contributed by atoms with Crippen LogP contribution >= 0.6 is 0 Å². The van der Waals surface area contributed by atoms with E-state index >= 15 is 0 Å². The van der Waals surface area contributed by atoms with E-state index in [0.29, 0.717) is 30.2 Å². The summed E-state index contributed by atoms with van der Waals surface area (Å²) in [7, 11) is 1.65. The average Bonchev–Trinajstić information content (AvgIpc) is 2.57.